The lowest BCUT2D eigenvalue weighted by Gasteiger charge is -1.96. The summed E-state index contributed by atoms with van der Waals surface area (Å²) in [6.45, 7) is 1.47. The van der Waals surface area contributed by atoms with Crippen LogP contribution in [0.4, 0.5) is 4.79 Å². The number of carbonyl (C=O) groups is 1. The molecule has 0 radical (unpaired) electrons. The van der Waals surface area contributed by atoms with Crippen LogP contribution in [0.25, 0.3) is 0 Å². The maximum atomic E-state index is 10.1. The fourth-order valence-corrected chi connectivity index (χ4v) is 0.629. The van der Waals surface area contributed by atoms with Gasteiger partial charge in [0.15, 0.2) is 6.10 Å². The zero-order valence-corrected chi connectivity index (χ0v) is 8.37. The van der Waals surface area contributed by atoms with Crippen molar-refractivity contribution < 1.29 is 39.1 Å². The Balaban J connectivity index is 0.000000241. The maximum Gasteiger partial charge on any atom is 0.508 e. The van der Waals surface area contributed by atoms with E-state index in [0.717, 1.165) is 6.61 Å². The maximum absolute atomic E-state index is 10.1. The van der Waals surface area contributed by atoms with E-state index in [1.54, 1.807) is 0 Å². The second-order valence-electron chi connectivity index (χ2n) is 2.71. The minimum Gasteiger partial charge on any atom is -0.665 e. The SMILES string of the molecule is O=C1OCC(CO)O1.O=[C-]O.OCC1CO1. The summed E-state index contributed by atoms with van der Waals surface area (Å²) in [7, 11) is 0. The van der Waals surface area contributed by atoms with Gasteiger partial charge in [0, 0.05) is 0 Å². The molecule has 0 aliphatic carbocycles. The van der Waals surface area contributed by atoms with Crippen molar-refractivity contribution in [3.8, 4) is 0 Å². The Morgan fingerprint density at radius 2 is 1.75 bits per heavy atom. The molecule has 2 rings (SSSR count). The molecular weight excluding hydrogens is 224 g/mol. The van der Waals surface area contributed by atoms with Gasteiger partial charge >= 0.3 is 6.16 Å². The van der Waals surface area contributed by atoms with Crippen LogP contribution in [0.1, 0.15) is 0 Å². The predicted octanol–water partition coefficient (Wildman–Crippen LogP) is -1.50. The minimum absolute atomic E-state index is 0.161. The molecule has 0 aromatic rings. The Morgan fingerprint density at radius 3 is 1.88 bits per heavy atom. The molecule has 8 nitrogen and oxygen atoms in total. The van der Waals surface area contributed by atoms with Gasteiger partial charge in [-0.3, -0.25) is 0 Å². The molecule has 0 aromatic carbocycles. The number of ether oxygens (including phenoxy) is 3. The molecule has 0 aromatic heterocycles. The Labute approximate surface area is 91.3 Å². The molecule has 2 atom stereocenters. The van der Waals surface area contributed by atoms with Gasteiger partial charge in [-0.25, -0.2) is 4.79 Å². The standard InChI is InChI=1S/C4H6O4.C3H6O2.CHO2/c5-1-3-2-7-4(6)8-3;4-1-3-2-5-3;2-1-3/h3,5H,1-2H2;3-4H,1-2H2;(H,2,3)/q;;-1. The lowest BCUT2D eigenvalue weighted by atomic mass is 10.4. The van der Waals surface area contributed by atoms with Crippen molar-refractivity contribution in [2.45, 2.75) is 12.2 Å². The molecule has 2 aliphatic rings. The summed E-state index contributed by atoms with van der Waals surface area (Å²) < 4.78 is 13.3. The fourth-order valence-electron chi connectivity index (χ4n) is 0.629. The molecule has 16 heavy (non-hydrogen) atoms. The smallest absolute Gasteiger partial charge is 0.508 e. The number of aliphatic hydroxyl groups excluding tert-OH is 3. The fraction of sp³-hybridized carbons (Fsp3) is 0.750. The van der Waals surface area contributed by atoms with Gasteiger partial charge in [0.2, 0.25) is 0 Å². The average molecular weight is 237 g/mol. The second-order valence-corrected chi connectivity index (χ2v) is 2.71. The van der Waals surface area contributed by atoms with E-state index in [9.17, 15) is 4.79 Å². The van der Waals surface area contributed by atoms with Crippen LogP contribution >= 0.6 is 0 Å². The Morgan fingerprint density at radius 1 is 1.25 bits per heavy atom. The summed E-state index contributed by atoms with van der Waals surface area (Å²) in [5.74, 6) is 0. The van der Waals surface area contributed by atoms with Crippen LogP contribution in [0.5, 0.6) is 0 Å². The monoisotopic (exact) mass is 237 g/mol. The van der Waals surface area contributed by atoms with Gasteiger partial charge in [0.05, 0.1) is 19.8 Å². The first-order valence-corrected chi connectivity index (χ1v) is 4.35. The van der Waals surface area contributed by atoms with E-state index in [0.29, 0.717) is 6.47 Å². The molecule has 0 amide bonds. The summed E-state index contributed by atoms with van der Waals surface area (Å²) in [6, 6.07) is 0. The number of aliphatic hydroxyl groups is 2. The molecule has 0 spiro atoms. The first-order chi connectivity index (χ1) is 7.67. The van der Waals surface area contributed by atoms with Crippen molar-refractivity contribution >= 4 is 12.6 Å². The number of epoxide rings is 1. The summed E-state index contributed by atoms with van der Waals surface area (Å²) in [6.07, 6.45) is -0.943. The topological polar surface area (TPSA) is 126 Å². The van der Waals surface area contributed by atoms with Gasteiger partial charge in [-0.2, -0.15) is 0 Å². The van der Waals surface area contributed by atoms with Crippen LogP contribution in [0.15, 0.2) is 0 Å². The highest BCUT2D eigenvalue weighted by molar-refractivity contribution is 5.61. The van der Waals surface area contributed by atoms with Crippen LogP contribution in [0.3, 0.4) is 0 Å². The van der Waals surface area contributed by atoms with Crippen molar-refractivity contribution in [3.63, 3.8) is 0 Å². The molecule has 8 heteroatoms. The molecule has 2 fully saturated rings. The van der Waals surface area contributed by atoms with Crippen molar-refractivity contribution in [2.75, 3.05) is 26.4 Å². The highest BCUT2D eigenvalue weighted by Crippen LogP contribution is 2.05. The molecule has 2 saturated heterocycles. The summed E-state index contributed by atoms with van der Waals surface area (Å²) in [5.41, 5.74) is 0. The van der Waals surface area contributed by atoms with Gasteiger partial charge in [0.25, 0.3) is 0 Å². The molecule has 2 unspecified atom stereocenters. The van der Waals surface area contributed by atoms with E-state index in [-0.39, 0.29) is 25.9 Å². The first kappa shape index (κ1) is 14.6. The van der Waals surface area contributed by atoms with Gasteiger partial charge in [-0.1, -0.05) is 6.47 Å². The zero-order valence-electron chi connectivity index (χ0n) is 8.37. The third kappa shape index (κ3) is 7.97. The number of carbonyl (C=O) groups excluding carboxylic acids is 1. The zero-order chi connectivity index (χ0) is 12.4. The van der Waals surface area contributed by atoms with Gasteiger partial charge in [0.1, 0.15) is 12.7 Å². The van der Waals surface area contributed by atoms with E-state index >= 15 is 0 Å². The number of rotatable bonds is 2. The number of hydrogen-bond acceptors (Lipinski definition) is 7. The first-order valence-electron chi connectivity index (χ1n) is 4.35. The van der Waals surface area contributed by atoms with Crippen molar-refractivity contribution in [1.29, 1.82) is 0 Å². The normalized spacial score (nSPS) is 25.0. The molecular formula is C8H13O8-. The van der Waals surface area contributed by atoms with Crippen LogP contribution in [-0.2, 0) is 19.0 Å². The summed E-state index contributed by atoms with van der Waals surface area (Å²) in [4.78, 5) is 18.3. The van der Waals surface area contributed by atoms with E-state index in [4.69, 9.17) is 20.1 Å². The average Bonchev–Trinajstić information content (AvgIpc) is 3.03. The number of hydrogen-bond donors (Lipinski definition) is 3. The van der Waals surface area contributed by atoms with E-state index in [1.807, 2.05) is 0 Å². The second kappa shape index (κ2) is 8.89. The molecule has 0 saturated carbocycles. The van der Waals surface area contributed by atoms with Crippen LogP contribution in [-0.4, -0.2) is 66.6 Å². The summed E-state index contributed by atoms with van der Waals surface area (Å²) in [5, 5.41) is 23.2. The quantitative estimate of drug-likeness (QED) is 0.301. The highest BCUT2D eigenvalue weighted by Gasteiger charge is 2.23. The van der Waals surface area contributed by atoms with Crippen molar-refractivity contribution in [2.24, 2.45) is 0 Å². The lowest BCUT2D eigenvalue weighted by molar-refractivity contribution is 0.0919. The third-order valence-corrected chi connectivity index (χ3v) is 1.46. The number of cyclic esters (lactones) is 2. The molecule has 94 valence electrons. The lowest BCUT2D eigenvalue weighted by Crippen LogP contribution is -2.14. The molecule has 0 bridgehead atoms. The molecule has 3 N–H and O–H groups in total. The van der Waals surface area contributed by atoms with Gasteiger partial charge in [-0.15, -0.1) is 0 Å². The Bertz CT molecular complexity index is 202. The van der Waals surface area contributed by atoms with E-state index in [1.165, 1.54) is 0 Å². The van der Waals surface area contributed by atoms with Gasteiger partial charge in [-0.05, 0) is 0 Å². The highest BCUT2D eigenvalue weighted by atomic mass is 16.8. The van der Waals surface area contributed by atoms with Crippen LogP contribution in [0, 0.1) is 0 Å². The van der Waals surface area contributed by atoms with Crippen molar-refractivity contribution in [3.05, 3.63) is 0 Å². The third-order valence-electron chi connectivity index (χ3n) is 1.46. The van der Waals surface area contributed by atoms with E-state index < -0.39 is 12.3 Å². The van der Waals surface area contributed by atoms with E-state index in [2.05, 4.69) is 14.2 Å². The van der Waals surface area contributed by atoms with Crippen molar-refractivity contribution in [1.82, 2.24) is 0 Å². The predicted molar refractivity (Wildman–Crippen MR) is 48.5 cm³/mol. The van der Waals surface area contributed by atoms with Gasteiger partial charge < -0.3 is 34.3 Å². The summed E-state index contributed by atoms with van der Waals surface area (Å²) >= 11 is 0. The largest absolute Gasteiger partial charge is 0.665 e. The molecule has 2 heterocycles. The minimum atomic E-state index is -0.691. The van der Waals surface area contributed by atoms with Crippen LogP contribution in [0.2, 0.25) is 0 Å². The van der Waals surface area contributed by atoms with Crippen LogP contribution < -0.4 is 0 Å². The molecule has 2 aliphatic heterocycles. The Kier molecular flexibility index (Phi) is 8.12. The Hall–Kier alpha value is -1.38.